The Morgan fingerprint density at radius 2 is 1.78 bits per heavy atom. The Labute approximate surface area is 185 Å². The number of carbonyl (C=O) groups is 1. The monoisotopic (exact) mass is 428 g/mol. The van der Waals surface area contributed by atoms with Crippen molar-refractivity contribution in [3.8, 4) is 17.1 Å². The van der Waals surface area contributed by atoms with E-state index in [-0.39, 0.29) is 11.4 Å². The van der Waals surface area contributed by atoms with Crippen LogP contribution in [0.2, 0.25) is 0 Å². The highest BCUT2D eigenvalue weighted by atomic mass is 16.5. The van der Waals surface area contributed by atoms with Crippen LogP contribution in [0.3, 0.4) is 0 Å². The highest BCUT2D eigenvalue weighted by Gasteiger charge is 2.19. The molecule has 0 atom stereocenters. The number of hydrogen-bond donors (Lipinski definition) is 3. The molecule has 0 spiro atoms. The number of nitrogens with zero attached hydrogens (tertiary/aromatic N) is 2. The van der Waals surface area contributed by atoms with E-state index in [1.807, 2.05) is 60.0 Å². The van der Waals surface area contributed by atoms with Gasteiger partial charge in [0.05, 0.1) is 29.7 Å². The zero-order valence-electron chi connectivity index (χ0n) is 17.7. The number of nitrogens with two attached hydrogens (primary N) is 1. The van der Waals surface area contributed by atoms with Crippen LogP contribution in [0.5, 0.6) is 6.01 Å². The first kappa shape index (κ1) is 21.1. The number of ether oxygens (including phenoxy) is 1. The maximum Gasteiger partial charge on any atom is 0.337 e. The number of imidazole rings is 1. The van der Waals surface area contributed by atoms with Crippen LogP contribution in [-0.2, 0) is 6.54 Å². The lowest BCUT2D eigenvalue weighted by molar-refractivity contribution is 0.0698. The second kappa shape index (κ2) is 8.93. The first-order valence-corrected chi connectivity index (χ1v) is 10.4. The Morgan fingerprint density at radius 3 is 2.47 bits per heavy atom. The zero-order valence-corrected chi connectivity index (χ0v) is 17.7. The lowest BCUT2D eigenvalue weighted by Gasteiger charge is -2.12. The molecule has 3 aromatic carbocycles. The van der Waals surface area contributed by atoms with Crippen LogP contribution in [0.15, 0.2) is 66.7 Å². The number of nitrogen functional groups attached to an aromatic ring is 1. The maximum absolute atomic E-state index is 11.8. The summed E-state index contributed by atoms with van der Waals surface area (Å²) < 4.78 is 7.65. The van der Waals surface area contributed by atoms with Gasteiger partial charge in [-0.3, -0.25) is 9.98 Å². The first-order valence-electron chi connectivity index (χ1n) is 10.4. The highest BCUT2D eigenvalue weighted by molar-refractivity contribution is 6.02. The van der Waals surface area contributed by atoms with E-state index in [2.05, 4.69) is 4.98 Å². The van der Waals surface area contributed by atoms with E-state index in [0.29, 0.717) is 35.8 Å². The molecule has 4 aromatic rings. The van der Waals surface area contributed by atoms with Crippen molar-refractivity contribution in [1.29, 1.82) is 5.41 Å². The van der Waals surface area contributed by atoms with Crippen molar-refractivity contribution in [3.63, 3.8) is 0 Å². The van der Waals surface area contributed by atoms with Crippen molar-refractivity contribution < 1.29 is 14.6 Å². The van der Waals surface area contributed by atoms with Crippen LogP contribution in [0.4, 0.5) is 0 Å². The summed E-state index contributed by atoms with van der Waals surface area (Å²) in [5, 5.41) is 17.5. The van der Waals surface area contributed by atoms with E-state index in [1.165, 1.54) is 0 Å². The quantitative estimate of drug-likeness (QED) is 0.282. The number of carboxylic acid groups (broad SMARTS) is 1. The van der Waals surface area contributed by atoms with Gasteiger partial charge in [0.2, 0.25) is 0 Å². The maximum atomic E-state index is 11.8. The summed E-state index contributed by atoms with van der Waals surface area (Å²) in [5.74, 6) is -0.983. The Balaban J connectivity index is 1.73. The summed E-state index contributed by atoms with van der Waals surface area (Å²) in [5.41, 5.74) is 10.5. The molecule has 0 fully saturated rings. The minimum Gasteiger partial charge on any atom is -0.478 e. The summed E-state index contributed by atoms with van der Waals surface area (Å²) >= 11 is 0. The number of fused-ring (bicyclic) bond motifs is 1. The highest BCUT2D eigenvalue weighted by Crippen LogP contribution is 2.28. The Morgan fingerprint density at radius 1 is 1.06 bits per heavy atom. The molecule has 32 heavy (non-hydrogen) atoms. The summed E-state index contributed by atoms with van der Waals surface area (Å²) in [6.45, 7) is 2.91. The molecule has 0 aliphatic carbocycles. The molecule has 4 N–H and O–H groups in total. The fourth-order valence-corrected chi connectivity index (χ4v) is 3.73. The summed E-state index contributed by atoms with van der Waals surface area (Å²) in [7, 11) is 0. The van der Waals surface area contributed by atoms with Gasteiger partial charge in [-0.25, -0.2) is 4.79 Å². The molecule has 0 aliphatic rings. The van der Waals surface area contributed by atoms with Gasteiger partial charge in [0.25, 0.3) is 6.01 Å². The van der Waals surface area contributed by atoms with Gasteiger partial charge in [-0.05, 0) is 35.2 Å². The fourth-order valence-electron chi connectivity index (χ4n) is 3.73. The summed E-state index contributed by atoms with van der Waals surface area (Å²) in [6.07, 6.45) is 0.819. The lowest BCUT2D eigenvalue weighted by atomic mass is 9.98. The number of aromatic nitrogens is 2. The van der Waals surface area contributed by atoms with Crippen molar-refractivity contribution in [2.24, 2.45) is 5.73 Å². The van der Waals surface area contributed by atoms with Gasteiger partial charge in [-0.15, -0.1) is 0 Å². The topological polar surface area (TPSA) is 114 Å². The molecule has 7 nitrogen and oxygen atoms in total. The number of hydrogen-bond acceptors (Lipinski definition) is 4. The van der Waals surface area contributed by atoms with Crippen LogP contribution in [0.1, 0.15) is 34.8 Å². The van der Waals surface area contributed by atoms with E-state index < -0.39 is 5.97 Å². The van der Waals surface area contributed by atoms with Gasteiger partial charge in [-0.2, -0.15) is 4.98 Å². The predicted molar refractivity (Wildman–Crippen MR) is 124 cm³/mol. The number of para-hydroxylation sites is 1. The van der Waals surface area contributed by atoms with E-state index in [1.54, 1.807) is 18.2 Å². The van der Waals surface area contributed by atoms with Crippen molar-refractivity contribution in [2.45, 2.75) is 19.9 Å². The van der Waals surface area contributed by atoms with Crippen molar-refractivity contribution in [1.82, 2.24) is 9.55 Å². The predicted octanol–water partition coefficient (Wildman–Crippen LogP) is 4.52. The van der Waals surface area contributed by atoms with Crippen molar-refractivity contribution >= 4 is 22.8 Å². The van der Waals surface area contributed by atoms with Gasteiger partial charge in [0.1, 0.15) is 5.84 Å². The second-order valence-corrected chi connectivity index (χ2v) is 7.46. The molecule has 0 amide bonds. The molecule has 4 rings (SSSR count). The smallest absolute Gasteiger partial charge is 0.337 e. The summed E-state index contributed by atoms with van der Waals surface area (Å²) in [6, 6.07) is 20.9. The van der Waals surface area contributed by atoms with Crippen molar-refractivity contribution in [3.05, 3.63) is 83.4 Å². The number of amidine groups is 1. The van der Waals surface area contributed by atoms with Gasteiger partial charge in [-0.1, -0.05) is 61.5 Å². The molecule has 0 saturated carbocycles. The molecule has 1 heterocycles. The number of nitrogens with one attached hydrogen (secondary N) is 1. The molecule has 0 bridgehead atoms. The van der Waals surface area contributed by atoms with Crippen LogP contribution in [0, 0.1) is 5.41 Å². The minimum absolute atomic E-state index is 0.0217. The molecular formula is C25H24N4O3. The number of aromatic carboxylic acids is 1. The third-order valence-corrected chi connectivity index (χ3v) is 5.22. The van der Waals surface area contributed by atoms with Gasteiger partial charge in [0.15, 0.2) is 0 Å². The summed E-state index contributed by atoms with van der Waals surface area (Å²) in [4.78, 5) is 16.3. The largest absolute Gasteiger partial charge is 0.478 e. The molecule has 7 heteroatoms. The van der Waals surface area contributed by atoms with E-state index >= 15 is 0 Å². The van der Waals surface area contributed by atoms with Gasteiger partial charge >= 0.3 is 5.97 Å². The molecule has 162 valence electrons. The molecule has 1 aromatic heterocycles. The minimum atomic E-state index is -1.00. The average molecular weight is 428 g/mol. The molecular weight excluding hydrogens is 404 g/mol. The number of rotatable bonds is 8. The average Bonchev–Trinajstić information content (AvgIpc) is 3.15. The van der Waals surface area contributed by atoms with Crippen LogP contribution in [0.25, 0.3) is 22.2 Å². The molecule has 0 radical (unpaired) electrons. The second-order valence-electron chi connectivity index (χ2n) is 7.46. The normalized spacial score (nSPS) is 10.9. The van der Waals surface area contributed by atoms with Crippen LogP contribution >= 0.6 is 0 Å². The van der Waals surface area contributed by atoms with Gasteiger partial charge < -0.3 is 15.6 Å². The SMILES string of the molecule is CCCOc1nc2cccc(C(=O)O)c2n1Cc1ccc(-c2ccccc2C(=N)N)cc1. The Hall–Kier alpha value is -4.13. The molecule has 0 aliphatic heterocycles. The zero-order chi connectivity index (χ0) is 22.7. The van der Waals surface area contributed by atoms with E-state index in [0.717, 1.165) is 23.1 Å². The van der Waals surface area contributed by atoms with E-state index in [9.17, 15) is 9.90 Å². The van der Waals surface area contributed by atoms with E-state index in [4.69, 9.17) is 15.9 Å². The number of carboxylic acids is 1. The standard InChI is InChI=1S/C25H24N4O3/c1-2-14-32-25-28-21-9-5-8-20(24(30)31)22(21)29(25)15-16-10-12-17(13-11-16)18-6-3-4-7-19(18)23(26)27/h3-13H,2,14-15H2,1H3,(H3,26,27)(H,30,31). The fraction of sp³-hybridized carbons (Fsp3) is 0.160. The Bertz CT molecular complexity index is 1290. The molecule has 0 unspecified atom stereocenters. The third kappa shape index (κ3) is 4.05. The van der Waals surface area contributed by atoms with Crippen molar-refractivity contribution in [2.75, 3.05) is 6.61 Å². The third-order valence-electron chi connectivity index (χ3n) is 5.22. The Kier molecular flexibility index (Phi) is 5.89. The van der Waals surface area contributed by atoms with Crippen LogP contribution in [-0.4, -0.2) is 33.1 Å². The number of benzene rings is 3. The lowest BCUT2D eigenvalue weighted by Crippen LogP contribution is -2.12. The molecule has 0 saturated heterocycles. The van der Waals surface area contributed by atoms with Gasteiger partial charge in [0, 0.05) is 5.56 Å². The first-order chi connectivity index (χ1) is 15.5. The van der Waals surface area contributed by atoms with Crippen LogP contribution < -0.4 is 10.5 Å².